The molecule has 29 heavy (non-hydrogen) atoms. The predicted octanol–water partition coefficient (Wildman–Crippen LogP) is 2.01. The average Bonchev–Trinajstić information content (AvgIpc) is 2.68. The molecule has 0 aliphatic carbocycles. The van der Waals surface area contributed by atoms with E-state index in [1.165, 1.54) is 24.3 Å². The minimum Gasteiger partial charge on any atom is -0.871 e. The first kappa shape index (κ1) is 21.6. The van der Waals surface area contributed by atoms with Crippen LogP contribution in [0.4, 0.5) is 0 Å². The van der Waals surface area contributed by atoms with Crippen molar-refractivity contribution in [3.05, 3.63) is 72.1 Å². The topological polar surface area (TPSA) is 146 Å². The van der Waals surface area contributed by atoms with Gasteiger partial charge in [0.25, 0.3) is 0 Å². The van der Waals surface area contributed by atoms with Gasteiger partial charge in [-0.15, -0.1) is 0 Å². The Morgan fingerprint density at radius 2 is 1.03 bits per heavy atom. The number of pyridine rings is 2. The van der Waals surface area contributed by atoms with Crippen LogP contribution in [0.2, 0.25) is 0 Å². The summed E-state index contributed by atoms with van der Waals surface area (Å²) in [4.78, 5) is 28.7. The minimum atomic E-state index is -1.13. The summed E-state index contributed by atoms with van der Waals surface area (Å²) in [5.74, 6) is -2.78. The molecule has 0 saturated heterocycles. The van der Waals surface area contributed by atoms with Gasteiger partial charge >= 0.3 is 29.0 Å². The van der Waals surface area contributed by atoms with Gasteiger partial charge in [0.15, 0.2) is 0 Å². The molecule has 0 aliphatic rings. The van der Waals surface area contributed by atoms with Gasteiger partial charge in [0, 0.05) is 0 Å². The van der Waals surface area contributed by atoms with Gasteiger partial charge < -0.3 is 20.4 Å². The van der Waals surface area contributed by atoms with Crippen LogP contribution in [0.3, 0.4) is 0 Å². The van der Waals surface area contributed by atoms with E-state index in [4.69, 9.17) is 10.2 Å². The van der Waals surface area contributed by atoms with Crippen LogP contribution in [0, 0.1) is 0 Å². The van der Waals surface area contributed by atoms with Gasteiger partial charge in [-0.25, -0.2) is 19.6 Å². The van der Waals surface area contributed by atoms with Gasteiger partial charge in [0.05, 0.1) is 11.0 Å². The fourth-order valence-electron chi connectivity index (χ4n) is 2.48. The molecule has 2 heterocycles. The zero-order valence-electron chi connectivity index (χ0n) is 14.5. The van der Waals surface area contributed by atoms with E-state index < -0.39 is 11.9 Å². The summed E-state index contributed by atoms with van der Waals surface area (Å²) in [7, 11) is 0. The smallest absolute Gasteiger partial charge is 0.871 e. The van der Waals surface area contributed by atoms with Crippen molar-refractivity contribution in [1.29, 1.82) is 0 Å². The van der Waals surface area contributed by atoms with Crippen LogP contribution in [-0.4, -0.2) is 32.1 Å². The molecular formula is C20H12FeN2O6. The van der Waals surface area contributed by atoms with E-state index in [0.717, 1.165) is 0 Å². The molecule has 4 rings (SSSR count). The zero-order valence-corrected chi connectivity index (χ0v) is 15.7. The van der Waals surface area contributed by atoms with Crippen LogP contribution in [0.25, 0.3) is 21.8 Å². The maximum absolute atomic E-state index is 11.3. The molecule has 0 atom stereocenters. The molecule has 9 heteroatoms. The second-order valence-corrected chi connectivity index (χ2v) is 5.66. The molecule has 2 aromatic heterocycles. The van der Waals surface area contributed by atoms with E-state index >= 15 is 0 Å². The summed E-state index contributed by atoms with van der Waals surface area (Å²) < 4.78 is 0. The number of carboxylic acid groups (broad SMARTS) is 2. The Balaban J connectivity index is 0.000000200. The van der Waals surface area contributed by atoms with Crippen LogP contribution < -0.4 is 10.2 Å². The van der Waals surface area contributed by atoms with Crippen LogP contribution in [0.1, 0.15) is 21.0 Å². The number of carboxylic acids is 2. The second kappa shape index (κ2) is 9.01. The molecule has 0 radical (unpaired) electrons. The maximum atomic E-state index is 11.3. The number of benzene rings is 2. The van der Waals surface area contributed by atoms with Gasteiger partial charge in [-0.2, -0.15) is 0 Å². The number of para-hydroxylation sites is 2. The summed E-state index contributed by atoms with van der Waals surface area (Å²) >= 11 is 0. The molecule has 0 saturated carbocycles. The fourth-order valence-corrected chi connectivity index (χ4v) is 2.48. The number of carbonyl (C=O) groups is 2. The van der Waals surface area contributed by atoms with E-state index in [-0.39, 0.29) is 51.0 Å². The van der Waals surface area contributed by atoms with Gasteiger partial charge in [0.2, 0.25) is 0 Å². The fraction of sp³-hybridized carbons (Fsp3) is 0. The third kappa shape index (κ3) is 4.78. The van der Waals surface area contributed by atoms with Crippen molar-refractivity contribution < 1.29 is 47.1 Å². The van der Waals surface area contributed by atoms with Crippen LogP contribution in [-0.2, 0) is 17.1 Å². The van der Waals surface area contributed by atoms with E-state index in [1.54, 1.807) is 36.4 Å². The quantitative estimate of drug-likeness (QED) is 0.458. The Bertz CT molecular complexity index is 1120. The Labute approximate surface area is 174 Å². The normalized spacial score (nSPS) is 9.93. The number of fused-ring (bicyclic) bond motifs is 2. The van der Waals surface area contributed by atoms with E-state index in [9.17, 15) is 19.8 Å². The van der Waals surface area contributed by atoms with Gasteiger partial charge in [-0.05, 0) is 22.9 Å². The van der Waals surface area contributed by atoms with Crippen LogP contribution in [0.5, 0.6) is 11.5 Å². The van der Waals surface area contributed by atoms with Crippen LogP contribution >= 0.6 is 0 Å². The first-order valence-corrected chi connectivity index (χ1v) is 7.97. The third-order valence-corrected chi connectivity index (χ3v) is 3.80. The summed E-state index contributed by atoms with van der Waals surface area (Å²) in [5.41, 5.74) is 0.182. The van der Waals surface area contributed by atoms with E-state index in [2.05, 4.69) is 9.97 Å². The molecule has 4 aromatic rings. The number of aromatic carboxylic acids is 2. The van der Waals surface area contributed by atoms with Crippen molar-refractivity contribution >= 4 is 33.7 Å². The average molecular weight is 432 g/mol. The van der Waals surface area contributed by atoms with Crippen molar-refractivity contribution in [1.82, 2.24) is 9.97 Å². The molecule has 2 N–H and O–H groups in total. The van der Waals surface area contributed by atoms with Crippen molar-refractivity contribution in [3.63, 3.8) is 0 Å². The molecule has 0 bridgehead atoms. The predicted molar refractivity (Wildman–Crippen MR) is 96.3 cm³/mol. The molecule has 146 valence electrons. The zero-order chi connectivity index (χ0) is 20.3. The Hall–Kier alpha value is -3.68. The van der Waals surface area contributed by atoms with E-state index in [0.29, 0.717) is 10.8 Å². The van der Waals surface area contributed by atoms with Crippen molar-refractivity contribution in [2.75, 3.05) is 0 Å². The van der Waals surface area contributed by atoms with Crippen molar-refractivity contribution in [3.8, 4) is 11.5 Å². The standard InChI is InChI=1S/2C10H7NO3.Fe/c2*12-8-3-1-2-6-4-5-7(10(13)14)11-9(6)8;/h2*1-5,12H,(H,13,14);/q;;+2/p-2. The summed E-state index contributed by atoms with van der Waals surface area (Å²) in [5, 5.41) is 41.2. The molecule has 2 aromatic carbocycles. The summed E-state index contributed by atoms with van der Waals surface area (Å²) in [6, 6.07) is 15.3. The Morgan fingerprint density at radius 3 is 1.38 bits per heavy atom. The van der Waals surface area contributed by atoms with Crippen molar-refractivity contribution in [2.24, 2.45) is 0 Å². The minimum absolute atomic E-state index is 0. The molecule has 0 unspecified atom stereocenters. The Kier molecular flexibility index (Phi) is 6.71. The molecular weight excluding hydrogens is 420 g/mol. The monoisotopic (exact) mass is 432 g/mol. The van der Waals surface area contributed by atoms with Crippen molar-refractivity contribution in [2.45, 2.75) is 0 Å². The summed E-state index contributed by atoms with van der Waals surface area (Å²) in [6.07, 6.45) is 0. The molecule has 0 spiro atoms. The van der Waals surface area contributed by atoms with Gasteiger partial charge in [-0.1, -0.05) is 60.0 Å². The van der Waals surface area contributed by atoms with Crippen LogP contribution in [0.15, 0.2) is 60.7 Å². The largest absolute Gasteiger partial charge is 2.00 e. The number of hydrogen-bond donors (Lipinski definition) is 2. The molecule has 0 fully saturated rings. The summed E-state index contributed by atoms with van der Waals surface area (Å²) in [6.45, 7) is 0. The number of nitrogens with zero attached hydrogens (tertiary/aromatic N) is 2. The molecule has 0 aliphatic heterocycles. The number of hydrogen-bond acceptors (Lipinski definition) is 6. The Morgan fingerprint density at radius 1 is 0.655 bits per heavy atom. The molecule has 0 amide bonds. The number of aromatic nitrogens is 2. The van der Waals surface area contributed by atoms with Gasteiger partial charge in [-0.3, -0.25) is 0 Å². The van der Waals surface area contributed by atoms with E-state index in [1.807, 2.05) is 0 Å². The second-order valence-electron chi connectivity index (χ2n) is 5.66. The van der Waals surface area contributed by atoms with Gasteiger partial charge in [0.1, 0.15) is 11.4 Å². The third-order valence-electron chi connectivity index (χ3n) is 3.80. The molecule has 8 nitrogen and oxygen atoms in total. The SMILES string of the molecule is O=C(O)c1ccc2cccc([O-])c2n1.O=C(O)c1ccc2cccc([O-])c2n1.[Fe+2]. The number of rotatable bonds is 2. The maximum Gasteiger partial charge on any atom is 2.00 e. The first-order chi connectivity index (χ1) is 13.4. The first-order valence-electron chi connectivity index (χ1n) is 7.97.